The molecule has 0 aliphatic heterocycles. The summed E-state index contributed by atoms with van der Waals surface area (Å²) in [6.45, 7) is 5.89. The van der Waals surface area contributed by atoms with Crippen molar-refractivity contribution in [3.8, 4) is 11.3 Å². The van der Waals surface area contributed by atoms with Crippen molar-refractivity contribution in [2.24, 2.45) is 0 Å². The highest BCUT2D eigenvalue weighted by Gasteiger charge is 2.15. The molecule has 30 heavy (non-hydrogen) atoms. The molecule has 2 aromatic carbocycles. The number of aromatic amines is 1. The van der Waals surface area contributed by atoms with Crippen LogP contribution in [-0.4, -0.2) is 15.3 Å². The van der Waals surface area contributed by atoms with E-state index in [1.54, 1.807) is 35.0 Å². The van der Waals surface area contributed by atoms with Crippen LogP contribution in [0.4, 0.5) is 4.39 Å². The predicted molar refractivity (Wildman–Crippen MR) is 115 cm³/mol. The van der Waals surface area contributed by atoms with E-state index < -0.39 is 0 Å². The fourth-order valence-corrected chi connectivity index (χ4v) is 3.42. The van der Waals surface area contributed by atoms with Gasteiger partial charge in [0.15, 0.2) is 0 Å². The van der Waals surface area contributed by atoms with Gasteiger partial charge in [-0.3, -0.25) is 9.59 Å². The van der Waals surface area contributed by atoms with Crippen molar-refractivity contribution in [1.29, 1.82) is 0 Å². The number of hydrogen-bond acceptors (Lipinski definition) is 2. The van der Waals surface area contributed by atoms with Crippen molar-refractivity contribution in [2.75, 3.05) is 0 Å². The van der Waals surface area contributed by atoms with Gasteiger partial charge in [0.05, 0.1) is 17.3 Å². The molecule has 2 aromatic heterocycles. The van der Waals surface area contributed by atoms with Crippen molar-refractivity contribution in [2.45, 2.75) is 26.8 Å². The van der Waals surface area contributed by atoms with E-state index in [1.165, 1.54) is 17.7 Å². The maximum absolute atomic E-state index is 13.1. The van der Waals surface area contributed by atoms with E-state index in [0.29, 0.717) is 16.8 Å². The lowest BCUT2D eigenvalue weighted by molar-refractivity contribution is 0.0940. The number of amides is 1. The van der Waals surface area contributed by atoms with Crippen LogP contribution in [0.15, 0.2) is 65.7 Å². The van der Waals surface area contributed by atoms with Gasteiger partial charge in [0.2, 0.25) is 0 Å². The van der Waals surface area contributed by atoms with E-state index in [9.17, 15) is 14.0 Å². The van der Waals surface area contributed by atoms with Gasteiger partial charge in [-0.25, -0.2) is 4.39 Å². The van der Waals surface area contributed by atoms with Crippen molar-refractivity contribution in [1.82, 2.24) is 14.7 Å². The Morgan fingerprint density at radius 2 is 1.77 bits per heavy atom. The minimum Gasteiger partial charge on any atom is -0.345 e. The van der Waals surface area contributed by atoms with E-state index in [0.717, 1.165) is 16.7 Å². The number of carbonyl (C=O) groups is 1. The first-order valence-corrected chi connectivity index (χ1v) is 9.71. The van der Waals surface area contributed by atoms with Crippen LogP contribution in [0.3, 0.4) is 0 Å². The van der Waals surface area contributed by atoms with Gasteiger partial charge in [-0.15, -0.1) is 0 Å². The van der Waals surface area contributed by atoms with Crippen LogP contribution in [-0.2, 0) is 0 Å². The normalized spacial score (nSPS) is 12.1. The molecule has 4 rings (SSSR count). The quantitative estimate of drug-likeness (QED) is 0.525. The Morgan fingerprint density at radius 3 is 2.47 bits per heavy atom. The lowest BCUT2D eigenvalue weighted by Gasteiger charge is -2.13. The molecular formula is C24H22FN3O2. The molecule has 5 nitrogen and oxygen atoms in total. The van der Waals surface area contributed by atoms with Crippen LogP contribution >= 0.6 is 0 Å². The second-order valence-electron chi connectivity index (χ2n) is 7.56. The van der Waals surface area contributed by atoms with E-state index in [2.05, 4.69) is 10.3 Å². The minimum absolute atomic E-state index is 0.267. The second kappa shape index (κ2) is 7.63. The molecule has 1 amide bonds. The first-order chi connectivity index (χ1) is 14.3. The molecule has 2 heterocycles. The van der Waals surface area contributed by atoms with Gasteiger partial charge >= 0.3 is 0 Å². The number of carbonyl (C=O) groups excluding carboxylic acids is 1. The lowest BCUT2D eigenvalue weighted by Crippen LogP contribution is -2.26. The van der Waals surface area contributed by atoms with Crippen molar-refractivity contribution in [3.05, 3.63) is 99.3 Å². The van der Waals surface area contributed by atoms with Crippen LogP contribution in [0.2, 0.25) is 0 Å². The summed E-state index contributed by atoms with van der Waals surface area (Å²) in [6, 6.07) is 13.2. The third-order valence-electron chi connectivity index (χ3n) is 5.40. The van der Waals surface area contributed by atoms with Crippen LogP contribution in [0, 0.1) is 19.7 Å². The maximum Gasteiger partial charge on any atom is 0.272 e. The smallest absolute Gasteiger partial charge is 0.272 e. The summed E-state index contributed by atoms with van der Waals surface area (Å²) in [5.74, 6) is -0.627. The van der Waals surface area contributed by atoms with Crippen LogP contribution in [0.5, 0.6) is 0 Å². The van der Waals surface area contributed by atoms with Crippen LogP contribution < -0.4 is 10.9 Å². The van der Waals surface area contributed by atoms with Crippen molar-refractivity contribution >= 4 is 11.4 Å². The molecule has 0 saturated heterocycles. The number of nitrogens with zero attached hydrogens (tertiary/aromatic N) is 1. The summed E-state index contributed by atoms with van der Waals surface area (Å²) in [7, 11) is 0. The zero-order valence-electron chi connectivity index (χ0n) is 17.0. The van der Waals surface area contributed by atoms with Gasteiger partial charge in [0.25, 0.3) is 11.5 Å². The van der Waals surface area contributed by atoms with Gasteiger partial charge < -0.3 is 14.7 Å². The number of benzene rings is 2. The van der Waals surface area contributed by atoms with Gasteiger partial charge in [0.1, 0.15) is 11.3 Å². The third kappa shape index (κ3) is 3.76. The Kier molecular flexibility index (Phi) is 4.99. The summed E-state index contributed by atoms with van der Waals surface area (Å²) in [4.78, 5) is 28.2. The number of aryl methyl sites for hydroxylation is 2. The van der Waals surface area contributed by atoms with E-state index in [1.807, 2.05) is 39.0 Å². The molecule has 0 saturated carbocycles. The molecule has 0 unspecified atom stereocenters. The average Bonchev–Trinajstić information content (AvgIpc) is 3.15. The zero-order chi connectivity index (χ0) is 21.4. The highest BCUT2D eigenvalue weighted by atomic mass is 19.1. The Labute approximate surface area is 173 Å². The summed E-state index contributed by atoms with van der Waals surface area (Å²) >= 11 is 0. The van der Waals surface area contributed by atoms with Gasteiger partial charge in [0, 0.05) is 12.4 Å². The monoisotopic (exact) mass is 403 g/mol. The standard InChI is InChI=1S/C24H22FN3O2/c1-14-4-5-18(10-15(14)2)21-13-28-12-19(11-22(28)24(30)27-21)23(29)26-16(3)17-6-8-20(25)9-7-17/h4-13,16H,1-3H3,(H,26,29)(H,27,30)/t16-/m1/s1. The van der Waals surface area contributed by atoms with Gasteiger partial charge in [-0.2, -0.15) is 0 Å². The molecular weight excluding hydrogens is 381 g/mol. The lowest BCUT2D eigenvalue weighted by atomic mass is 10.0. The van der Waals surface area contributed by atoms with E-state index >= 15 is 0 Å². The maximum atomic E-state index is 13.1. The highest BCUT2D eigenvalue weighted by molar-refractivity contribution is 5.95. The first kappa shape index (κ1) is 19.6. The fraction of sp³-hybridized carbons (Fsp3) is 0.167. The molecule has 4 aromatic rings. The Hall–Kier alpha value is -3.67. The summed E-state index contributed by atoms with van der Waals surface area (Å²) in [5, 5.41) is 2.89. The van der Waals surface area contributed by atoms with Gasteiger partial charge in [-0.05, 0) is 67.3 Å². The summed E-state index contributed by atoms with van der Waals surface area (Å²) < 4.78 is 14.8. The molecule has 6 heteroatoms. The summed E-state index contributed by atoms with van der Waals surface area (Å²) in [6.07, 6.45) is 3.45. The topological polar surface area (TPSA) is 66.4 Å². The predicted octanol–water partition coefficient (Wildman–Crippen LogP) is 4.54. The Morgan fingerprint density at radius 1 is 1.03 bits per heavy atom. The summed E-state index contributed by atoms with van der Waals surface area (Å²) in [5.41, 5.74) is 5.20. The largest absolute Gasteiger partial charge is 0.345 e. The molecule has 0 spiro atoms. The van der Waals surface area contributed by atoms with Gasteiger partial charge in [-0.1, -0.05) is 24.3 Å². The van der Waals surface area contributed by atoms with Crippen molar-refractivity contribution in [3.63, 3.8) is 0 Å². The Balaban J connectivity index is 1.63. The third-order valence-corrected chi connectivity index (χ3v) is 5.40. The number of H-pyrrole nitrogens is 1. The fourth-order valence-electron chi connectivity index (χ4n) is 3.42. The molecule has 152 valence electrons. The molecule has 1 atom stereocenters. The molecule has 0 radical (unpaired) electrons. The number of hydrogen-bond donors (Lipinski definition) is 2. The molecule has 0 fully saturated rings. The van der Waals surface area contributed by atoms with Crippen LogP contribution in [0.1, 0.15) is 40.0 Å². The zero-order valence-corrected chi connectivity index (χ0v) is 17.0. The van der Waals surface area contributed by atoms with Crippen LogP contribution in [0.25, 0.3) is 16.8 Å². The SMILES string of the molecule is Cc1ccc(-c2cn3cc(C(=O)N[C@H](C)c4ccc(F)cc4)cc3c(=O)[nH]2)cc1C. The number of rotatable bonds is 4. The number of aromatic nitrogens is 2. The highest BCUT2D eigenvalue weighted by Crippen LogP contribution is 2.21. The first-order valence-electron chi connectivity index (χ1n) is 9.71. The van der Waals surface area contributed by atoms with Crippen molar-refractivity contribution < 1.29 is 9.18 Å². The van der Waals surface area contributed by atoms with E-state index in [-0.39, 0.29) is 23.3 Å². The number of nitrogens with one attached hydrogen (secondary N) is 2. The minimum atomic E-state index is -0.324. The molecule has 0 aliphatic carbocycles. The molecule has 0 aliphatic rings. The number of fused-ring (bicyclic) bond motifs is 1. The molecule has 2 N–H and O–H groups in total. The number of halogens is 1. The molecule has 0 bridgehead atoms. The second-order valence-corrected chi connectivity index (χ2v) is 7.56. The Bertz CT molecular complexity index is 1300. The average molecular weight is 403 g/mol. The van der Waals surface area contributed by atoms with E-state index in [4.69, 9.17) is 0 Å².